The first-order chi connectivity index (χ1) is 33.0. The van der Waals surface area contributed by atoms with Gasteiger partial charge in [-0.25, -0.2) is 4.79 Å². The van der Waals surface area contributed by atoms with E-state index < -0.39 is 17.7 Å². The Morgan fingerprint density at radius 3 is 2.19 bits per heavy atom. The number of aliphatic hydroxyl groups excluding tert-OH is 1. The van der Waals surface area contributed by atoms with Gasteiger partial charge in [0.05, 0.1) is 18.2 Å². The Hall–Kier alpha value is -6.84. The third-order valence-corrected chi connectivity index (χ3v) is 13.2. The maximum atomic E-state index is 13.9. The molecular weight excluding hydrogens is 863 g/mol. The van der Waals surface area contributed by atoms with Gasteiger partial charge < -0.3 is 45.3 Å². The van der Waals surface area contributed by atoms with E-state index in [0.29, 0.717) is 54.0 Å². The Morgan fingerprint density at radius 2 is 1.46 bits per heavy atom. The predicted octanol–water partition coefficient (Wildman–Crippen LogP) is 5.80. The minimum Gasteiger partial charge on any atom is -0.506 e. The van der Waals surface area contributed by atoms with E-state index in [0.717, 1.165) is 50.9 Å². The number of nitrogens with zero attached hydrogens (tertiary/aromatic N) is 2. The lowest BCUT2D eigenvalue weighted by atomic mass is 9.86. The summed E-state index contributed by atoms with van der Waals surface area (Å²) in [5, 5.41) is 40.0. The minimum atomic E-state index is -2.10. The van der Waals surface area contributed by atoms with Crippen LogP contribution in [-0.4, -0.2) is 100 Å². The lowest BCUT2D eigenvalue weighted by Crippen LogP contribution is -2.43. The maximum Gasteiger partial charge on any atom is 0.347 e. The Bertz CT molecular complexity index is 2700. The van der Waals surface area contributed by atoms with Crippen LogP contribution >= 0.6 is 0 Å². The number of phenols is 1. The topological polar surface area (TPSA) is 194 Å². The van der Waals surface area contributed by atoms with Crippen LogP contribution in [0, 0.1) is 11.8 Å². The standard InChI is InChI=1S/C54H59N5O9/c60-47-20-18-45(46-19-21-49(62)57-51(46)47)48(61)33-55-31-37-14-16-41(17-15-37)52(64)56-32-38-24-28-59(29-25-38)50(63)36-67-44-13-7-12-43(30-44)54(66,42-10-5-2-6-11-42)53(65)68-35-40-22-26-58(27-23-40)34-39-8-3-1-4-9-39/h1-21,30,38,40,48,55,60-61,66H,22-29,31-36H2,(H,56,64)(H,57,62)/t48-,54?/m0/s1. The van der Waals surface area contributed by atoms with Gasteiger partial charge in [0.15, 0.2) is 6.61 Å². The van der Waals surface area contributed by atoms with Gasteiger partial charge in [0, 0.05) is 61.8 Å². The number of phenolic OH excluding ortho intramolecular Hbond substituents is 1. The van der Waals surface area contributed by atoms with E-state index in [1.54, 1.807) is 77.7 Å². The van der Waals surface area contributed by atoms with Crippen LogP contribution in [0.25, 0.3) is 10.9 Å². The number of aromatic nitrogens is 1. The summed E-state index contributed by atoms with van der Waals surface area (Å²) in [5.74, 6) is -0.477. The SMILES string of the molecule is O=C(NCC1CCN(C(=O)COc2cccc(C(O)(C(=O)OCC3CCN(Cc4ccccc4)CC3)c3ccccc3)c2)CC1)c1ccc(CNC[C@H](O)c2ccc(O)c3[nH]c(=O)ccc23)cc1. The fraction of sp³-hybridized carbons (Fsp3) is 0.333. The largest absolute Gasteiger partial charge is 0.506 e. The molecule has 5 aromatic carbocycles. The molecule has 0 bridgehead atoms. The van der Waals surface area contributed by atoms with Crippen molar-refractivity contribution in [3.8, 4) is 11.5 Å². The number of aromatic hydroxyl groups is 1. The van der Waals surface area contributed by atoms with Gasteiger partial charge in [0.1, 0.15) is 11.5 Å². The molecule has 0 radical (unpaired) electrons. The molecule has 1 aromatic heterocycles. The van der Waals surface area contributed by atoms with Crippen LogP contribution in [-0.2, 0) is 33.0 Å². The maximum absolute atomic E-state index is 13.9. The highest BCUT2D eigenvalue weighted by Crippen LogP contribution is 2.34. The zero-order valence-electron chi connectivity index (χ0n) is 38.0. The number of fused-ring (bicyclic) bond motifs is 1. The highest BCUT2D eigenvalue weighted by Gasteiger charge is 2.42. The number of benzene rings is 5. The fourth-order valence-corrected chi connectivity index (χ4v) is 9.09. The molecule has 2 saturated heterocycles. The van der Waals surface area contributed by atoms with Crippen LogP contribution in [0.1, 0.15) is 70.0 Å². The molecule has 68 heavy (non-hydrogen) atoms. The third kappa shape index (κ3) is 11.8. The summed E-state index contributed by atoms with van der Waals surface area (Å²) < 4.78 is 11.8. The van der Waals surface area contributed by atoms with Gasteiger partial charge in [-0.2, -0.15) is 0 Å². The molecule has 2 aliphatic heterocycles. The van der Waals surface area contributed by atoms with Gasteiger partial charge >= 0.3 is 5.97 Å². The summed E-state index contributed by atoms with van der Waals surface area (Å²) in [7, 11) is 0. The fourth-order valence-electron chi connectivity index (χ4n) is 9.09. The predicted molar refractivity (Wildman–Crippen MR) is 258 cm³/mol. The molecule has 354 valence electrons. The van der Waals surface area contributed by atoms with E-state index in [2.05, 4.69) is 32.7 Å². The number of carbonyl (C=O) groups is 3. The van der Waals surface area contributed by atoms with Gasteiger partial charge in [0.25, 0.3) is 11.8 Å². The molecule has 2 aliphatic rings. The number of amides is 2. The number of rotatable bonds is 18. The van der Waals surface area contributed by atoms with Crippen molar-refractivity contribution in [2.45, 2.75) is 50.5 Å². The van der Waals surface area contributed by atoms with Crippen LogP contribution < -0.4 is 20.9 Å². The van der Waals surface area contributed by atoms with Crippen molar-refractivity contribution >= 4 is 28.7 Å². The number of pyridine rings is 1. The van der Waals surface area contributed by atoms with Crippen molar-refractivity contribution in [3.63, 3.8) is 0 Å². The van der Waals surface area contributed by atoms with Crippen LogP contribution in [0.15, 0.2) is 138 Å². The van der Waals surface area contributed by atoms with Crippen LogP contribution in [0.2, 0.25) is 0 Å². The first-order valence-corrected chi connectivity index (χ1v) is 23.4. The second kappa shape index (κ2) is 22.3. The summed E-state index contributed by atoms with van der Waals surface area (Å²) in [5.41, 5.74) is 1.78. The van der Waals surface area contributed by atoms with E-state index in [1.807, 2.05) is 36.4 Å². The lowest BCUT2D eigenvalue weighted by molar-refractivity contribution is -0.164. The zero-order valence-corrected chi connectivity index (χ0v) is 38.0. The summed E-state index contributed by atoms with van der Waals surface area (Å²) >= 11 is 0. The molecule has 0 saturated carbocycles. The van der Waals surface area contributed by atoms with Crippen molar-refractivity contribution in [1.29, 1.82) is 0 Å². The number of ether oxygens (including phenoxy) is 2. The van der Waals surface area contributed by atoms with E-state index in [9.17, 15) is 34.5 Å². The highest BCUT2D eigenvalue weighted by molar-refractivity contribution is 5.94. The quantitative estimate of drug-likeness (QED) is 0.0572. The van der Waals surface area contributed by atoms with Crippen molar-refractivity contribution in [1.82, 2.24) is 25.4 Å². The summed E-state index contributed by atoms with van der Waals surface area (Å²) in [6, 6.07) is 39.0. The Labute approximate surface area is 395 Å². The van der Waals surface area contributed by atoms with Gasteiger partial charge in [-0.05, 0) is 109 Å². The summed E-state index contributed by atoms with van der Waals surface area (Å²) in [4.78, 5) is 58.8. The first kappa shape index (κ1) is 47.6. The first-order valence-electron chi connectivity index (χ1n) is 23.4. The van der Waals surface area contributed by atoms with Crippen molar-refractivity contribution in [3.05, 3.63) is 177 Å². The van der Waals surface area contributed by atoms with Gasteiger partial charge in [-0.1, -0.05) is 91.0 Å². The molecule has 3 heterocycles. The molecular formula is C54H59N5O9. The zero-order chi connectivity index (χ0) is 47.5. The molecule has 0 aliphatic carbocycles. The molecule has 14 heteroatoms. The number of carbonyl (C=O) groups excluding carboxylic acids is 3. The van der Waals surface area contributed by atoms with Crippen LogP contribution in [0.5, 0.6) is 11.5 Å². The number of H-pyrrole nitrogens is 1. The number of hydrogen-bond acceptors (Lipinski definition) is 11. The monoisotopic (exact) mass is 921 g/mol. The van der Waals surface area contributed by atoms with E-state index >= 15 is 0 Å². The van der Waals surface area contributed by atoms with Gasteiger partial charge in [-0.15, -0.1) is 0 Å². The lowest BCUT2D eigenvalue weighted by Gasteiger charge is -2.33. The number of aromatic amines is 1. The van der Waals surface area contributed by atoms with Crippen molar-refractivity contribution in [2.75, 3.05) is 52.5 Å². The number of likely N-dealkylation sites (tertiary alicyclic amines) is 2. The number of aliphatic hydroxyl groups is 2. The normalized spacial score (nSPS) is 16.2. The third-order valence-electron chi connectivity index (χ3n) is 13.2. The van der Waals surface area contributed by atoms with E-state index in [-0.39, 0.29) is 65.8 Å². The molecule has 14 nitrogen and oxygen atoms in total. The molecule has 2 fully saturated rings. The molecule has 2 atom stereocenters. The number of piperidine rings is 2. The molecule has 8 rings (SSSR count). The van der Waals surface area contributed by atoms with Crippen LogP contribution in [0.3, 0.4) is 0 Å². The second-order valence-electron chi connectivity index (χ2n) is 17.9. The Morgan fingerprint density at radius 1 is 0.765 bits per heavy atom. The average molecular weight is 922 g/mol. The van der Waals surface area contributed by atoms with Gasteiger partial charge in [0.2, 0.25) is 11.2 Å². The summed E-state index contributed by atoms with van der Waals surface area (Å²) in [6.07, 6.45) is 2.32. The van der Waals surface area contributed by atoms with Gasteiger partial charge in [-0.3, -0.25) is 19.3 Å². The van der Waals surface area contributed by atoms with Crippen molar-refractivity contribution < 1.29 is 39.2 Å². The molecule has 6 aromatic rings. The number of hydrogen-bond donors (Lipinski definition) is 6. The Kier molecular flexibility index (Phi) is 15.6. The molecule has 2 amide bonds. The number of nitrogens with one attached hydrogen (secondary N) is 3. The average Bonchev–Trinajstić information content (AvgIpc) is 3.38. The smallest absolute Gasteiger partial charge is 0.347 e. The summed E-state index contributed by atoms with van der Waals surface area (Å²) in [6.45, 7) is 4.87. The Balaban J connectivity index is 0.762. The molecule has 6 N–H and O–H groups in total. The van der Waals surface area contributed by atoms with Crippen molar-refractivity contribution in [2.24, 2.45) is 11.8 Å². The second-order valence-corrected chi connectivity index (χ2v) is 17.9. The van der Waals surface area contributed by atoms with Crippen LogP contribution in [0.4, 0.5) is 0 Å². The minimum absolute atomic E-state index is 0.0686. The number of esters is 1. The molecule has 0 spiro atoms. The van der Waals surface area contributed by atoms with E-state index in [1.165, 1.54) is 17.7 Å². The highest BCUT2D eigenvalue weighted by atomic mass is 16.5. The molecule has 1 unspecified atom stereocenters. The van der Waals surface area contributed by atoms with E-state index in [4.69, 9.17) is 9.47 Å².